The van der Waals surface area contributed by atoms with Crippen molar-refractivity contribution in [2.75, 3.05) is 27.9 Å². The number of ether oxygens (including phenoxy) is 3. The smallest absolute Gasteiger partial charge is 0.254 e. The third-order valence-corrected chi connectivity index (χ3v) is 6.37. The van der Waals surface area contributed by atoms with Crippen molar-refractivity contribution in [2.45, 2.75) is 25.3 Å². The van der Waals surface area contributed by atoms with Crippen LogP contribution in [-0.2, 0) is 6.42 Å². The first kappa shape index (κ1) is 19.5. The standard InChI is InChI=1S/C24H24N2O5/c1-29-19-12-14(13-20(30-2)23(19)31-3)24(28)25-11-10-16-15-6-4-5-7-17(15)26-21(27)9-8-18(25)22(16)26/h4-7,12-13,18H,8-11H2,1-3H3. The van der Waals surface area contributed by atoms with Crippen molar-refractivity contribution in [3.63, 3.8) is 0 Å². The summed E-state index contributed by atoms with van der Waals surface area (Å²) < 4.78 is 18.1. The molecular formula is C24H24N2O5. The number of para-hydroxylation sites is 1. The molecule has 0 fully saturated rings. The molecule has 7 heteroatoms. The van der Waals surface area contributed by atoms with E-state index in [2.05, 4.69) is 6.07 Å². The Kier molecular flexibility index (Phi) is 4.61. The van der Waals surface area contributed by atoms with Gasteiger partial charge in [0.25, 0.3) is 5.91 Å². The van der Waals surface area contributed by atoms with Gasteiger partial charge in [0.2, 0.25) is 11.7 Å². The van der Waals surface area contributed by atoms with Gasteiger partial charge >= 0.3 is 0 Å². The van der Waals surface area contributed by atoms with Gasteiger partial charge < -0.3 is 19.1 Å². The number of carbonyl (C=O) groups is 2. The molecule has 0 bridgehead atoms. The summed E-state index contributed by atoms with van der Waals surface area (Å²) in [5.41, 5.74) is 3.55. The Morgan fingerprint density at radius 1 is 1.00 bits per heavy atom. The summed E-state index contributed by atoms with van der Waals surface area (Å²) in [6, 6.07) is 11.2. The molecule has 3 aromatic rings. The lowest BCUT2D eigenvalue weighted by Gasteiger charge is -2.39. The largest absolute Gasteiger partial charge is 0.493 e. The summed E-state index contributed by atoms with van der Waals surface area (Å²) in [6.07, 6.45) is 1.75. The van der Waals surface area contributed by atoms with E-state index < -0.39 is 0 Å². The minimum Gasteiger partial charge on any atom is -0.493 e. The number of benzene rings is 2. The molecule has 1 atom stereocenters. The summed E-state index contributed by atoms with van der Waals surface area (Å²) in [7, 11) is 4.60. The second-order valence-corrected chi connectivity index (χ2v) is 7.83. The highest BCUT2D eigenvalue weighted by Crippen LogP contribution is 2.44. The Morgan fingerprint density at radius 2 is 1.71 bits per heavy atom. The minimum absolute atomic E-state index is 0.0933. The average molecular weight is 420 g/mol. The minimum atomic E-state index is -0.138. The summed E-state index contributed by atoms with van der Waals surface area (Å²) in [5.74, 6) is 1.31. The van der Waals surface area contributed by atoms with Crippen LogP contribution in [0.15, 0.2) is 36.4 Å². The molecule has 0 spiro atoms. The van der Waals surface area contributed by atoms with E-state index >= 15 is 0 Å². The first-order valence-corrected chi connectivity index (χ1v) is 10.4. The van der Waals surface area contributed by atoms with E-state index in [0.29, 0.717) is 48.6 Å². The molecule has 7 nitrogen and oxygen atoms in total. The Balaban J connectivity index is 1.60. The fourth-order valence-electron chi connectivity index (χ4n) is 5.02. The third kappa shape index (κ3) is 2.80. The summed E-state index contributed by atoms with van der Waals surface area (Å²) in [5, 5.41) is 1.11. The van der Waals surface area contributed by atoms with Crippen LogP contribution in [0.3, 0.4) is 0 Å². The summed E-state index contributed by atoms with van der Waals surface area (Å²) in [4.78, 5) is 28.3. The van der Waals surface area contributed by atoms with E-state index in [9.17, 15) is 9.59 Å². The number of hydrogen-bond donors (Lipinski definition) is 0. The molecule has 0 radical (unpaired) electrons. The molecule has 2 aliphatic heterocycles. The molecule has 160 valence electrons. The number of fused-ring (bicyclic) bond motifs is 3. The maximum absolute atomic E-state index is 13.6. The quantitative estimate of drug-likeness (QED) is 0.641. The molecule has 31 heavy (non-hydrogen) atoms. The van der Waals surface area contributed by atoms with Gasteiger partial charge in [-0.3, -0.25) is 14.2 Å². The molecule has 1 aromatic heterocycles. The highest BCUT2D eigenvalue weighted by molar-refractivity contribution is 6.00. The molecule has 5 rings (SSSR count). The maximum atomic E-state index is 13.6. The average Bonchev–Trinajstić information content (AvgIpc) is 3.16. The third-order valence-electron chi connectivity index (χ3n) is 6.37. The molecule has 1 amide bonds. The second-order valence-electron chi connectivity index (χ2n) is 7.83. The number of amides is 1. The topological polar surface area (TPSA) is 70.0 Å². The summed E-state index contributed by atoms with van der Waals surface area (Å²) >= 11 is 0. The molecule has 3 heterocycles. The van der Waals surface area contributed by atoms with Crippen LogP contribution in [0.5, 0.6) is 17.2 Å². The number of carbonyl (C=O) groups excluding carboxylic acids is 2. The Bertz CT molecular complexity index is 1190. The number of methoxy groups -OCH3 is 3. The van der Waals surface area contributed by atoms with Crippen molar-refractivity contribution in [1.29, 1.82) is 0 Å². The fourth-order valence-corrected chi connectivity index (χ4v) is 5.02. The normalized spacial score (nSPS) is 17.5. The van der Waals surface area contributed by atoms with Crippen LogP contribution >= 0.6 is 0 Å². The zero-order chi connectivity index (χ0) is 21.7. The van der Waals surface area contributed by atoms with Crippen molar-refractivity contribution in [3.05, 3.63) is 53.2 Å². The van der Waals surface area contributed by atoms with Crippen LogP contribution < -0.4 is 14.2 Å². The van der Waals surface area contributed by atoms with E-state index in [0.717, 1.165) is 16.6 Å². The lowest BCUT2D eigenvalue weighted by atomic mass is 9.91. The van der Waals surface area contributed by atoms with Gasteiger partial charge in [-0.05, 0) is 36.6 Å². The number of nitrogens with zero attached hydrogens (tertiary/aromatic N) is 2. The van der Waals surface area contributed by atoms with Crippen LogP contribution in [0.25, 0.3) is 10.9 Å². The van der Waals surface area contributed by atoms with Crippen LogP contribution in [0, 0.1) is 0 Å². The van der Waals surface area contributed by atoms with Gasteiger partial charge in [-0.15, -0.1) is 0 Å². The SMILES string of the molecule is COc1cc(C(=O)N2CCc3c4n(c5ccccc35)C(=O)CCC42)cc(OC)c1OC. The van der Waals surface area contributed by atoms with Gasteiger partial charge in [0.05, 0.1) is 38.6 Å². The van der Waals surface area contributed by atoms with Gasteiger partial charge in [-0.1, -0.05) is 18.2 Å². The molecule has 0 saturated carbocycles. The predicted molar refractivity (Wildman–Crippen MR) is 115 cm³/mol. The first-order valence-electron chi connectivity index (χ1n) is 10.4. The van der Waals surface area contributed by atoms with E-state index in [4.69, 9.17) is 14.2 Å². The molecular weight excluding hydrogens is 396 g/mol. The van der Waals surface area contributed by atoms with Crippen molar-refractivity contribution >= 4 is 22.7 Å². The molecule has 0 aliphatic carbocycles. The van der Waals surface area contributed by atoms with Crippen molar-refractivity contribution in [2.24, 2.45) is 0 Å². The van der Waals surface area contributed by atoms with E-state index in [1.807, 2.05) is 27.7 Å². The van der Waals surface area contributed by atoms with Gasteiger partial charge in [0.1, 0.15) is 0 Å². The summed E-state index contributed by atoms with van der Waals surface area (Å²) in [6.45, 7) is 0.593. The van der Waals surface area contributed by atoms with Crippen LogP contribution in [0.4, 0.5) is 0 Å². The van der Waals surface area contributed by atoms with Gasteiger partial charge in [-0.2, -0.15) is 0 Å². The Hall–Kier alpha value is -3.48. The van der Waals surface area contributed by atoms with Gasteiger partial charge in [-0.25, -0.2) is 0 Å². The maximum Gasteiger partial charge on any atom is 0.254 e. The monoisotopic (exact) mass is 420 g/mol. The molecule has 0 N–H and O–H groups in total. The van der Waals surface area contributed by atoms with Gasteiger partial charge in [0, 0.05) is 23.9 Å². The van der Waals surface area contributed by atoms with E-state index in [-0.39, 0.29) is 17.9 Å². The van der Waals surface area contributed by atoms with E-state index in [1.54, 1.807) is 12.1 Å². The van der Waals surface area contributed by atoms with Crippen LogP contribution in [0.2, 0.25) is 0 Å². The lowest BCUT2D eigenvalue weighted by Crippen LogP contribution is -2.43. The molecule has 0 saturated heterocycles. The highest BCUT2D eigenvalue weighted by atomic mass is 16.5. The second kappa shape index (κ2) is 7.34. The molecule has 2 aliphatic rings. The predicted octanol–water partition coefficient (Wildman–Crippen LogP) is 3.84. The molecule has 2 aromatic carbocycles. The zero-order valence-electron chi connectivity index (χ0n) is 17.8. The number of aromatic nitrogens is 1. The van der Waals surface area contributed by atoms with Crippen LogP contribution in [0.1, 0.15) is 45.3 Å². The number of rotatable bonds is 4. The lowest BCUT2D eigenvalue weighted by molar-refractivity contribution is 0.0592. The van der Waals surface area contributed by atoms with E-state index in [1.165, 1.54) is 26.9 Å². The Morgan fingerprint density at radius 3 is 2.39 bits per heavy atom. The van der Waals surface area contributed by atoms with Crippen molar-refractivity contribution in [1.82, 2.24) is 9.47 Å². The molecule has 1 unspecified atom stereocenters. The van der Waals surface area contributed by atoms with Gasteiger partial charge in [0.15, 0.2) is 11.5 Å². The first-order chi connectivity index (χ1) is 15.1. The number of hydrogen-bond acceptors (Lipinski definition) is 5. The van der Waals surface area contributed by atoms with Crippen molar-refractivity contribution in [3.8, 4) is 17.2 Å². The Labute approximate surface area is 180 Å². The fraction of sp³-hybridized carbons (Fsp3) is 0.333. The van der Waals surface area contributed by atoms with Crippen molar-refractivity contribution < 1.29 is 23.8 Å². The highest BCUT2D eigenvalue weighted by Gasteiger charge is 2.40. The zero-order valence-corrected chi connectivity index (χ0v) is 17.8. The van der Waals surface area contributed by atoms with Crippen LogP contribution in [-0.4, -0.2) is 49.2 Å².